The third-order valence-electron chi connectivity index (χ3n) is 2.63. The van der Waals surface area contributed by atoms with Crippen molar-refractivity contribution in [1.82, 2.24) is 4.31 Å². The molecule has 0 fully saturated rings. The van der Waals surface area contributed by atoms with Gasteiger partial charge in [0.1, 0.15) is 5.75 Å². The number of phosphoric ester groups is 1. The molecule has 0 saturated heterocycles. The van der Waals surface area contributed by atoms with Crippen molar-refractivity contribution in [3.05, 3.63) is 24.3 Å². The summed E-state index contributed by atoms with van der Waals surface area (Å²) in [5, 5.41) is 9.07. The first-order valence-corrected chi connectivity index (χ1v) is 9.26. The summed E-state index contributed by atoms with van der Waals surface area (Å²) in [6, 6.07) is 5.55. The molecule has 22 heavy (non-hydrogen) atoms. The summed E-state index contributed by atoms with van der Waals surface area (Å²) >= 11 is 0. The minimum Gasteiger partial charge on any atom is -0.756 e. The van der Waals surface area contributed by atoms with E-state index < -0.39 is 17.8 Å². The van der Waals surface area contributed by atoms with Crippen LogP contribution in [0.15, 0.2) is 29.2 Å². The number of aromatic hydroxyl groups is 1. The van der Waals surface area contributed by atoms with Gasteiger partial charge in [0.2, 0.25) is 10.0 Å². The molecule has 8 nitrogen and oxygen atoms in total. The van der Waals surface area contributed by atoms with E-state index in [9.17, 15) is 17.9 Å². The topological polar surface area (TPSA) is 116 Å². The molecule has 0 heterocycles. The summed E-state index contributed by atoms with van der Waals surface area (Å²) in [7, 11) is -5.22. The molecule has 0 saturated carbocycles. The van der Waals surface area contributed by atoms with Gasteiger partial charge in [-0.1, -0.05) is 13.8 Å². The first-order valence-electron chi connectivity index (χ1n) is 6.36. The van der Waals surface area contributed by atoms with Crippen molar-refractivity contribution in [3.63, 3.8) is 0 Å². The van der Waals surface area contributed by atoms with Crippen LogP contribution in [0.1, 0.15) is 13.8 Å². The number of benzene rings is 1. The van der Waals surface area contributed by atoms with Crippen molar-refractivity contribution in [1.29, 1.82) is 0 Å². The van der Waals surface area contributed by atoms with Crippen molar-refractivity contribution >= 4 is 17.8 Å². The Morgan fingerprint density at radius 1 is 1.14 bits per heavy atom. The van der Waals surface area contributed by atoms with E-state index in [0.717, 1.165) is 14.2 Å². The van der Waals surface area contributed by atoms with Crippen LogP contribution in [0.4, 0.5) is 0 Å². The Hall–Kier alpha value is -0.960. The normalized spacial score (nSPS) is 11.9. The van der Waals surface area contributed by atoms with Crippen LogP contribution in [0, 0.1) is 0 Å². The van der Waals surface area contributed by atoms with Crippen molar-refractivity contribution in [2.24, 2.45) is 0 Å². The van der Waals surface area contributed by atoms with Gasteiger partial charge in [-0.25, -0.2) is 8.42 Å². The van der Waals surface area contributed by atoms with Gasteiger partial charge in [0.05, 0.1) is 4.90 Å². The Labute approximate surface area is 131 Å². The number of phosphoric acid groups is 1. The molecule has 0 aromatic heterocycles. The second-order valence-corrected chi connectivity index (χ2v) is 7.46. The van der Waals surface area contributed by atoms with Crippen molar-refractivity contribution < 1.29 is 32.0 Å². The van der Waals surface area contributed by atoms with Crippen LogP contribution in [0.5, 0.6) is 5.75 Å². The number of nitrogens with zero attached hydrogens (tertiary/aromatic N) is 1. The lowest BCUT2D eigenvalue weighted by Gasteiger charge is -2.18. The molecule has 0 aliphatic carbocycles. The van der Waals surface area contributed by atoms with E-state index in [-0.39, 0.29) is 10.6 Å². The molecule has 0 bridgehead atoms. The van der Waals surface area contributed by atoms with Crippen molar-refractivity contribution in [2.75, 3.05) is 27.3 Å². The Morgan fingerprint density at radius 2 is 1.55 bits per heavy atom. The van der Waals surface area contributed by atoms with E-state index >= 15 is 0 Å². The third-order valence-corrected chi connectivity index (χ3v) is 5.59. The van der Waals surface area contributed by atoms with Gasteiger partial charge in [-0.3, -0.25) is 4.57 Å². The quantitative estimate of drug-likeness (QED) is 0.762. The lowest BCUT2D eigenvalue weighted by molar-refractivity contribution is -0.220. The standard InChI is InChI=1S/C10H15NO3S.C2H7O4P/c1-3-11(4-2)15(13,14)10-7-5-9(12)6-8-10;1-5-7(3,4)6-2/h5-8,12H,3-4H2,1-2H3;1-2H3,(H,3,4)/p-1. The summed E-state index contributed by atoms with van der Waals surface area (Å²) in [4.78, 5) is 10.2. The molecule has 1 aromatic rings. The molecule has 0 spiro atoms. The van der Waals surface area contributed by atoms with Gasteiger partial charge in [-0.15, -0.1) is 0 Å². The maximum atomic E-state index is 12.0. The maximum Gasteiger partial charge on any atom is 0.267 e. The summed E-state index contributed by atoms with van der Waals surface area (Å²) in [5.74, 6) is 0.0634. The monoisotopic (exact) mass is 354 g/mol. The zero-order valence-corrected chi connectivity index (χ0v) is 14.6. The van der Waals surface area contributed by atoms with Crippen LogP contribution in [0.3, 0.4) is 0 Å². The molecular formula is C12H21NO7PS-. The minimum atomic E-state index is -3.90. The number of phenols is 1. The van der Waals surface area contributed by atoms with E-state index in [1.54, 1.807) is 13.8 Å². The first kappa shape index (κ1) is 21.0. The summed E-state index contributed by atoms with van der Waals surface area (Å²) in [6.45, 7) is 4.47. The molecule has 0 radical (unpaired) electrons. The van der Waals surface area contributed by atoms with Gasteiger partial charge >= 0.3 is 0 Å². The van der Waals surface area contributed by atoms with Crippen LogP contribution >= 0.6 is 7.82 Å². The Kier molecular flexibility index (Phi) is 8.84. The second-order valence-electron chi connectivity index (χ2n) is 3.90. The highest BCUT2D eigenvalue weighted by atomic mass is 32.2. The smallest absolute Gasteiger partial charge is 0.267 e. The first-order chi connectivity index (χ1) is 10.1. The second kappa shape index (κ2) is 9.24. The average molecular weight is 354 g/mol. The molecule has 0 aliphatic heterocycles. The Balaban J connectivity index is 0.000000534. The van der Waals surface area contributed by atoms with Crippen molar-refractivity contribution in [2.45, 2.75) is 18.7 Å². The fraction of sp³-hybridized carbons (Fsp3) is 0.500. The van der Waals surface area contributed by atoms with E-state index in [4.69, 9.17) is 5.11 Å². The molecule has 1 rings (SSSR count). The molecule has 0 atom stereocenters. The van der Waals surface area contributed by atoms with Gasteiger partial charge in [0, 0.05) is 27.3 Å². The van der Waals surface area contributed by atoms with Gasteiger partial charge < -0.3 is 19.0 Å². The molecule has 1 aromatic carbocycles. The minimum absolute atomic E-state index is 0.0634. The largest absolute Gasteiger partial charge is 0.756 e. The van der Waals surface area contributed by atoms with Gasteiger partial charge in [-0.2, -0.15) is 4.31 Å². The summed E-state index contributed by atoms with van der Waals surface area (Å²) < 4.78 is 43.0. The van der Waals surface area contributed by atoms with Gasteiger partial charge in [-0.05, 0) is 24.3 Å². The van der Waals surface area contributed by atoms with Crippen LogP contribution in [0.2, 0.25) is 0 Å². The summed E-state index contributed by atoms with van der Waals surface area (Å²) in [6.07, 6.45) is 0. The van der Waals surface area contributed by atoms with Crippen LogP contribution in [-0.2, 0) is 23.6 Å². The van der Waals surface area contributed by atoms with Crippen LogP contribution in [-0.4, -0.2) is 45.1 Å². The fourth-order valence-electron chi connectivity index (χ4n) is 1.41. The predicted octanol–water partition coefficient (Wildman–Crippen LogP) is 1.17. The predicted molar refractivity (Wildman–Crippen MR) is 79.8 cm³/mol. The SMILES string of the molecule is CCN(CC)S(=O)(=O)c1ccc(O)cc1.COP(=O)([O-])OC. The number of phenolic OH excluding ortho intramolecular Hbond substituents is 1. The molecule has 0 aliphatic rings. The van der Waals surface area contributed by atoms with E-state index in [1.807, 2.05) is 0 Å². The molecule has 10 heteroatoms. The fourth-order valence-corrected chi connectivity index (χ4v) is 3.01. The van der Waals surface area contributed by atoms with E-state index in [0.29, 0.717) is 13.1 Å². The van der Waals surface area contributed by atoms with E-state index in [1.165, 1.54) is 28.6 Å². The molecular weight excluding hydrogens is 333 g/mol. The lowest BCUT2D eigenvalue weighted by Crippen LogP contribution is -2.30. The lowest BCUT2D eigenvalue weighted by atomic mass is 10.3. The highest BCUT2D eigenvalue weighted by molar-refractivity contribution is 7.89. The number of hydrogen-bond acceptors (Lipinski definition) is 7. The molecule has 0 unspecified atom stereocenters. The highest BCUT2D eigenvalue weighted by Crippen LogP contribution is 2.34. The highest BCUT2D eigenvalue weighted by Gasteiger charge is 2.20. The number of sulfonamides is 1. The summed E-state index contributed by atoms with van der Waals surface area (Å²) in [5.41, 5.74) is 0. The number of rotatable bonds is 6. The van der Waals surface area contributed by atoms with Crippen LogP contribution < -0.4 is 4.89 Å². The van der Waals surface area contributed by atoms with Crippen LogP contribution in [0.25, 0.3) is 0 Å². The third kappa shape index (κ3) is 6.43. The van der Waals surface area contributed by atoms with Crippen molar-refractivity contribution in [3.8, 4) is 5.75 Å². The zero-order valence-electron chi connectivity index (χ0n) is 12.9. The van der Waals surface area contributed by atoms with E-state index in [2.05, 4.69) is 9.05 Å². The number of hydrogen-bond donors (Lipinski definition) is 1. The molecule has 1 N–H and O–H groups in total. The zero-order chi connectivity index (χ0) is 17.4. The van der Waals surface area contributed by atoms with Gasteiger partial charge in [0.15, 0.2) is 0 Å². The average Bonchev–Trinajstić information content (AvgIpc) is 2.49. The maximum absolute atomic E-state index is 12.0. The molecule has 128 valence electrons. The Bertz CT molecular complexity index is 576. The van der Waals surface area contributed by atoms with Gasteiger partial charge in [0.25, 0.3) is 7.82 Å². The Morgan fingerprint density at radius 3 is 1.82 bits per heavy atom. The molecule has 0 amide bonds.